The highest BCUT2D eigenvalue weighted by molar-refractivity contribution is 8.01. The lowest BCUT2D eigenvalue weighted by atomic mass is 10.2. The summed E-state index contributed by atoms with van der Waals surface area (Å²) >= 11 is 1.37. The van der Waals surface area contributed by atoms with Gasteiger partial charge >= 0.3 is 0 Å². The molecule has 10 heteroatoms. The lowest BCUT2D eigenvalue weighted by molar-refractivity contribution is -0.116. The molecule has 160 valence electrons. The van der Waals surface area contributed by atoms with Crippen molar-refractivity contribution in [2.24, 2.45) is 0 Å². The summed E-state index contributed by atoms with van der Waals surface area (Å²) in [6, 6.07) is 9.50. The molecule has 2 aromatic carbocycles. The standard InChI is InChI=1S/C20H22N2O6S2/c1-12-20(24)22-16-11-14(5-7-18(16)29-12)30(25,26)9-8-19(23)21-15-6-4-13(27-2)10-17(15)28-3/h4-7,10-12H,8-9H2,1-3H3,(H,21,23)(H,22,24)/t12-/m1/s1. The van der Waals surface area contributed by atoms with Crippen LogP contribution in [0.2, 0.25) is 0 Å². The number of nitrogens with one attached hydrogen (secondary N) is 2. The van der Waals surface area contributed by atoms with Crippen molar-refractivity contribution >= 4 is 44.8 Å². The molecule has 2 amide bonds. The van der Waals surface area contributed by atoms with E-state index in [4.69, 9.17) is 9.47 Å². The van der Waals surface area contributed by atoms with Gasteiger partial charge in [-0.05, 0) is 37.3 Å². The first kappa shape index (κ1) is 22.0. The first-order valence-electron chi connectivity index (χ1n) is 9.09. The van der Waals surface area contributed by atoms with Gasteiger partial charge in [0.05, 0.1) is 41.5 Å². The molecule has 3 rings (SSSR count). The van der Waals surface area contributed by atoms with E-state index >= 15 is 0 Å². The van der Waals surface area contributed by atoms with Crippen LogP contribution in [0.1, 0.15) is 13.3 Å². The number of hydrogen-bond donors (Lipinski definition) is 2. The van der Waals surface area contributed by atoms with Crippen LogP contribution in [-0.2, 0) is 19.4 Å². The van der Waals surface area contributed by atoms with E-state index < -0.39 is 15.7 Å². The summed E-state index contributed by atoms with van der Waals surface area (Å²) in [6.07, 6.45) is -0.229. The fraction of sp³-hybridized carbons (Fsp3) is 0.300. The number of ether oxygens (including phenoxy) is 2. The van der Waals surface area contributed by atoms with Crippen molar-refractivity contribution < 1.29 is 27.5 Å². The number of rotatable bonds is 7. The van der Waals surface area contributed by atoms with Crippen molar-refractivity contribution in [3.63, 3.8) is 0 Å². The zero-order chi connectivity index (χ0) is 21.9. The largest absolute Gasteiger partial charge is 0.497 e. The van der Waals surface area contributed by atoms with Crippen molar-refractivity contribution in [3.8, 4) is 11.5 Å². The van der Waals surface area contributed by atoms with Crippen LogP contribution in [0.15, 0.2) is 46.2 Å². The summed E-state index contributed by atoms with van der Waals surface area (Å²) in [5, 5.41) is 5.13. The van der Waals surface area contributed by atoms with Crippen LogP contribution in [0.3, 0.4) is 0 Å². The summed E-state index contributed by atoms with van der Waals surface area (Å²) in [7, 11) is -0.733. The van der Waals surface area contributed by atoms with E-state index in [1.807, 2.05) is 0 Å². The predicted molar refractivity (Wildman–Crippen MR) is 115 cm³/mol. The zero-order valence-electron chi connectivity index (χ0n) is 16.7. The third-order valence-corrected chi connectivity index (χ3v) is 7.41. The highest BCUT2D eigenvalue weighted by Crippen LogP contribution is 2.37. The van der Waals surface area contributed by atoms with Crippen LogP contribution >= 0.6 is 11.8 Å². The molecule has 30 heavy (non-hydrogen) atoms. The molecule has 2 N–H and O–H groups in total. The van der Waals surface area contributed by atoms with E-state index in [-0.39, 0.29) is 28.2 Å². The van der Waals surface area contributed by atoms with Gasteiger partial charge in [0.25, 0.3) is 0 Å². The molecule has 0 aliphatic carbocycles. The first-order chi connectivity index (χ1) is 14.2. The molecule has 1 aliphatic heterocycles. The average molecular weight is 451 g/mol. The quantitative estimate of drug-likeness (QED) is 0.667. The minimum Gasteiger partial charge on any atom is -0.497 e. The molecule has 0 aromatic heterocycles. The minimum absolute atomic E-state index is 0.0616. The second-order valence-corrected chi connectivity index (χ2v) is 10.1. The SMILES string of the molecule is COc1ccc(NC(=O)CCS(=O)(=O)c2ccc3c(c2)NC(=O)[C@@H](C)S3)c(OC)c1. The maximum atomic E-state index is 12.7. The second kappa shape index (κ2) is 8.97. The molecule has 1 atom stereocenters. The van der Waals surface area contributed by atoms with Gasteiger partial charge in [-0.2, -0.15) is 0 Å². The maximum absolute atomic E-state index is 12.7. The van der Waals surface area contributed by atoms with Crippen molar-refractivity contribution in [3.05, 3.63) is 36.4 Å². The topological polar surface area (TPSA) is 111 Å². The Morgan fingerprint density at radius 2 is 1.93 bits per heavy atom. The minimum atomic E-state index is -3.71. The van der Waals surface area contributed by atoms with Gasteiger partial charge in [-0.3, -0.25) is 9.59 Å². The van der Waals surface area contributed by atoms with Gasteiger partial charge in [0.2, 0.25) is 11.8 Å². The number of hydrogen-bond acceptors (Lipinski definition) is 7. The maximum Gasteiger partial charge on any atom is 0.237 e. The van der Waals surface area contributed by atoms with Crippen molar-refractivity contribution in [2.45, 2.75) is 28.4 Å². The van der Waals surface area contributed by atoms with Gasteiger partial charge in [-0.15, -0.1) is 11.8 Å². The highest BCUT2D eigenvalue weighted by atomic mass is 32.2. The number of amides is 2. The van der Waals surface area contributed by atoms with Crippen molar-refractivity contribution in [1.29, 1.82) is 0 Å². The summed E-state index contributed by atoms with van der Waals surface area (Å²) in [6.45, 7) is 1.78. The smallest absolute Gasteiger partial charge is 0.237 e. The number of fused-ring (bicyclic) bond motifs is 1. The van der Waals surface area contributed by atoms with Gasteiger partial charge in [0, 0.05) is 17.4 Å². The van der Waals surface area contributed by atoms with Crippen molar-refractivity contribution in [2.75, 3.05) is 30.6 Å². The molecule has 0 saturated heterocycles. The molecule has 0 spiro atoms. The average Bonchev–Trinajstić information content (AvgIpc) is 2.73. The lowest BCUT2D eigenvalue weighted by Gasteiger charge is -2.21. The van der Waals surface area contributed by atoms with Crippen LogP contribution in [0, 0.1) is 0 Å². The Hall–Kier alpha value is -2.72. The van der Waals surface area contributed by atoms with Crippen LogP contribution in [0.25, 0.3) is 0 Å². The molecule has 0 fully saturated rings. The van der Waals surface area contributed by atoms with Gasteiger partial charge in [0.1, 0.15) is 11.5 Å². The van der Waals surface area contributed by atoms with Crippen LogP contribution in [-0.4, -0.2) is 45.5 Å². The van der Waals surface area contributed by atoms with Crippen LogP contribution < -0.4 is 20.1 Å². The summed E-state index contributed by atoms with van der Waals surface area (Å²) < 4.78 is 35.7. The van der Waals surface area contributed by atoms with Crippen LogP contribution in [0.4, 0.5) is 11.4 Å². The summed E-state index contributed by atoms with van der Waals surface area (Å²) in [5.41, 5.74) is 0.889. The number of carbonyl (C=O) groups excluding carboxylic acids is 2. The van der Waals surface area contributed by atoms with Crippen LogP contribution in [0.5, 0.6) is 11.5 Å². The molecule has 2 aromatic rings. The van der Waals surface area contributed by atoms with Gasteiger partial charge in [-0.25, -0.2) is 8.42 Å². The second-order valence-electron chi connectivity index (χ2n) is 6.59. The zero-order valence-corrected chi connectivity index (χ0v) is 18.4. The Labute approximate surface area is 179 Å². The lowest BCUT2D eigenvalue weighted by Crippen LogP contribution is -2.26. The Morgan fingerprint density at radius 3 is 2.63 bits per heavy atom. The molecule has 0 bridgehead atoms. The summed E-state index contributed by atoms with van der Waals surface area (Å²) in [4.78, 5) is 25.0. The molecule has 0 saturated carbocycles. The third kappa shape index (κ3) is 4.88. The fourth-order valence-electron chi connectivity index (χ4n) is 2.84. The Kier molecular flexibility index (Phi) is 6.57. The van der Waals surface area contributed by atoms with Crippen molar-refractivity contribution in [1.82, 2.24) is 0 Å². The molecular formula is C20H22N2O6S2. The number of anilines is 2. The van der Waals surface area contributed by atoms with E-state index in [1.54, 1.807) is 31.2 Å². The van der Waals surface area contributed by atoms with Gasteiger partial charge in [-0.1, -0.05) is 0 Å². The predicted octanol–water partition coefficient (Wildman–Crippen LogP) is 2.94. The van der Waals surface area contributed by atoms with E-state index in [0.717, 1.165) is 4.90 Å². The third-order valence-electron chi connectivity index (χ3n) is 4.52. The Bertz CT molecular complexity index is 1080. The molecular weight excluding hydrogens is 428 g/mol. The number of methoxy groups -OCH3 is 2. The number of benzene rings is 2. The fourth-order valence-corrected chi connectivity index (χ4v) is 5.03. The Balaban J connectivity index is 1.67. The van der Waals surface area contributed by atoms with E-state index in [1.165, 1.54) is 38.1 Å². The number of carbonyl (C=O) groups is 2. The molecule has 0 radical (unpaired) electrons. The summed E-state index contributed by atoms with van der Waals surface area (Å²) in [5.74, 6) is -0.0251. The first-order valence-corrected chi connectivity index (χ1v) is 11.6. The highest BCUT2D eigenvalue weighted by Gasteiger charge is 2.25. The molecule has 0 unspecified atom stereocenters. The Morgan fingerprint density at radius 1 is 1.17 bits per heavy atom. The van der Waals surface area contributed by atoms with Gasteiger partial charge < -0.3 is 20.1 Å². The van der Waals surface area contributed by atoms with E-state index in [9.17, 15) is 18.0 Å². The number of thioether (sulfide) groups is 1. The normalized spacial score (nSPS) is 15.7. The molecule has 1 heterocycles. The van der Waals surface area contributed by atoms with Gasteiger partial charge in [0.15, 0.2) is 9.84 Å². The molecule has 8 nitrogen and oxygen atoms in total. The van der Waals surface area contributed by atoms with E-state index in [2.05, 4.69) is 10.6 Å². The molecule has 1 aliphatic rings. The monoisotopic (exact) mass is 450 g/mol. The van der Waals surface area contributed by atoms with E-state index in [0.29, 0.717) is 22.9 Å². The number of sulfone groups is 1.